The van der Waals surface area contributed by atoms with Gasteiger partial charge in [0.1, 0.15) is 5.82 Å². The minimum atomic E-state index is -0.883. The van der Waals surface area contributed by atoms with Gasteiger partial charge in [-0.05, 0) is 55.3 Å². The topological polar surface area (TPSA) is 118 Å². The van der Waals surface area contributed by atoms with Crippen molar-refractivity contribution in [2.24, 2.45) is 5.10 Å². The second kappa shape index (κ2) is 12.5. The molecule has 33 heavy (non-hydrogen) atoms. The van der Waals surface area contributed by atoms with Gasteiger partial charge >= 0.3 is 11.8 Å². The zero-order valence-corrected chi connectivity index (χ0v) is 19.9. The first-order valence-electron chi connectivity index (χ1n) is 9.93. The van der Waals surface area contributed by atoms with Crippen LogP contribution < -0.4 is 25.5 Å². The summed E-state index contributed by atoms with van der Waals surface area (Å²) in [5, 5.41) is 8.71. The van der Waals surface area contributed by atoms with Gasteiger partial charge < -0.3 is 20.1 Å². The molecule has 0 aliphatic rings. The van der Waals surface area contributed by atoms with E-state index in [-0.39, 0.29) is 24.1 Å². The van der Waals surface area contributed by atoms with Crippen molar-refractivity contribution in [1.82, 2.24) is 10.7 Å². The van der Waals surface area contributed by atoms with Crippen molar-refractivity contribution in [3.05, 3.63) is 52.3 Å². The van der Waals surface area contributed by atoms with Gasteiger partial charge in [0.05, 0.1) is 19.0 Å². The Kier molecular flexibility index (Phi) is 9.80. The first-order chi connectivity index (χ1) is 15.7. The van der Waals surface area contributed by atoms with Gasteiger partial charge in [-0.1, -0.05) is 22.9 Å². The minimum Gasteiger partial charge on any atom is -0.493 e. The average Bonchev–Trinajstić information content (AvgIpc) is 2.79. The van der Waals surface area contributed by atoms with Crippen LogP contribution >= 0.6 is 15.9 Å². The van der Waals surface area contributed by atoms with E-state index in [1.807, 2.05) is 6.92 Å². The number of amides is 3. The summed E-state index contributed by atoms with van der Waals surface area (Å²) in [6.45, 7) is 3.30. The molecular formula is C22H24BrFN4O5. The Balaban J connectivity index is 1.93. The van der Waals surface area contributed by atoms with Gasteiger partial charge in [0.2, 0.25) is 0 Å². The first-order valence-corrected chi connectivity index (χ1v) is 10.7. The number of carbonyl (C=O) groups excluding carboxylic acids is 3. The molecular weight excluding hydrogens is 499 g/mol. The Bertz CT molecular complexity index is 1050. The van der Waals surface area contributed by atoms with Crippen LogP contribution in [0, 0.1) is 5.82 Å². The minimum absolute atomic E-state index is 0.0326. The molecule has 2 rings (SSSR count). The van der Waals surface area contributed by atoms with Crippen LogP contribution in [0.15, 0.2) is 46.0 Å². The summed E-state index contributed by atoms with van der Waals surface area (Å²) >= 11 is 3.15. The van der Waals surface area contributed by atoms with E-state index in [0.29, 0.717) is 22.2 Å². The van der Waals surface area contributed by atoms with Crippen molar-refractivity contribution in [3.63, 3.8) is 0 Å². The molecule has 0 unspecified atom stereocenters. The maximum absolute atomic E-state index is 13.8. The number of nitrogens with one attached hydrogen (secondary N) is 3. The van der Waals surface area contributed by atoms with Crippen molar-refractivity contribution in [3.8, 4) is 11.5 Å². The molecule has 3 amide bonds. The molecule has 0 bridgehead atoms. The van der Waals surface area contributed by atoms with Crippen molar-refractivity contribution < 1.29 is 28.2 Å². The van der Waals surface area contributed by atoms with Gasteiger partial charge in [0.25, 0.3) is 5.91 Å². The van der Waals surface area contributed by atoms with Crippen molar-refractivity contribution in [2.75, 3.05) is 19.0 Å². The maximum atomic E-state index is 13.8. The van der Waals surface area contributed by atoms with E-state index < -0.39 is 23.5 Å². The van der Waals surface area contributed by atoms with Crippen LogP contribution in [0.5, 0.6) is 11.5 Å². The Morgan fingerprint density at radius 3 is 2.58 bits per heavy atom. The number of anilines is 1. The number of hydrazone groups is 1. The molecule has 0 fully saturated rings. The number of benzene rings is 2. The third-order valence-corrected chi connectivity index (χ3v) is 4.82. The number of halogens is 2. The summed E-state index contributed by atoms with van der Waals surface area (Å²) in [6, 6.07) is 8.86. The summed E-state index contributed by atoms with van der Waals surface area (Å²) in [4.78, 5) is 35.5. The lowest BCUT2D eigenvalue weighted by Crippen LogP contribution is -2.41. The molecule has 3 N–H and O–H groups in total. The Morgan fingerprint density at radius 2 is 1.91 bits per heavy atom. The quantitative estimate of drug-likeness (QED) is 0.266. The van der Waals surface area contributed by atoms with Crippen LogP contribution in [0.25, 0.3) is 0 Å². The number of hydrogen-bond acceptors (Lipinski definition) is 6. The zero-order chi connectivity index (χ0) is 24.4. The van der Waals surface area contributed by atoms with Crippen LogP contribution in [0.1, 0.15) is 25.8 Å². The number of hydrogen-bond donors (Lipinski definition) is 3. The molecule has 0 aromatic heterocycles. The summed E-state index contributed by atoms with van der Waals surface area (Å²) < 4.78 is 25.1. The van der Waals surface area contributed by atoms with Gasteiger partial charge in [0, 0.05) is 10.5 Å². The standard InChI is InChI=1S/C22H24BrFN4O5/c1-4-13(2)26-21(30)22(31)28-25-11-14-5-8-18(19(9-14)32-3)33-12-20(29)27-17-7-6-15(23)10-16(17)24/h5-11,13H,4,12H2,1-3H3,(H,26,30)(H,27,29)(H,28,31)/b25-11-/t13-/m1/s1. The Labute approximate surface area is 198 Å². The van der Waals surface area contributed by atoms with E-state index in [9.17, 15) is 18.8 Å². The van der Waals surface area contributed by atoms with Crippen LogP contribution in [0.2, 0.25) is 0 Å². The zero-order valence-electron chi connectivity index (χ0n) is 18.3. The summed E-state index contributed by atoms with van der Waals surface area (Å²) in [6.07, 6.45) is 2.02. The first kappa shape index (κ1) is 25.8. The molecule has 176 valence electrons. The van der Waals surface area contributed by atoms with Gasteiger partial charge in [-0.3, -0.25) is 14.4 Å². The van der Waals surface area contributed by atoms with Crippen LogP contribution in [0.4, 0.5) is 10.1 Å². The third kappa shape index (κ3) is 8.19. The highest BCUT2D eigenvalue weighted by molar-refractivity contribution is 9.10. The molecule has 0 aliphatic heterocycles. The fourth-order valence-electron chi connectivity index (χ4n) is 2.41. The SMILES string of the molecule is CC[C@@H](C)NC(=O)C(=O)N/N=C\c1ccc(OCC(=O)Nc2ccc(Br)cc2F)c(OC)c1. The van der Waals surface area contributed by atoms with E-state index in [1.165, 1.54) is 25.5 Å². The third-order valence-electron chi connectivity index (χ3n) is 4.33. The molecule has 1 atom stereocenters. The number of nitrogens with zero attached hydrogens (tertiary/aromatic N) is 1. The summed E-state index contributed by atoms with van der Waals surface area (Å²) in [5.74, 6) is -2.21. The molecule has 9 nitrogen and oxygen atoms in total. The lowest BCUT2D eigenvalue weighted by molar-refractivity contribution is -0.139. The molecule has 11 heteroatoms. The van der Waals surface area contributed by atoms with Crippen LogP contribution in [-0.2, 0) is 14.4 Å². The maximum Gasteiger partial charge on any atom is 0.329 e. The van der Waals surface area contributed by atoms with E-state index in [2.05, 4.69) is 37.1 Å². The molecule has 0 spiro atoms. The molecule has 2 aromatic carbocycles. The largest absolute Gasteiger partial charge is 0.493 e. The number of ether oxygens (including phenoxy) is 2. The highest BCUT2D eigenvalue weighted by Gasteiger charge is 2.14. The Hall–Kier alpha value is -3.47. The highest BCUT2D eigenvalue weighted by Crippen LogP contribution is 2.27. The van der Waals surface area contributed by atoms with Crippen molar-refractivity contribution in [2.45, 2.75) is 26.3 Å². The molecule has 0 aliphatic carbocycles. The second-order valence-electron chi connectivity index (χ2n) is 6.85. The normalized spacial score (nSPS) is 11.5. The predicted molar refractivity (Wildman–Crippen MR) is 125 cm³/mol. The summed E-state index contributed by atoms with van der Waals surface area (Å²) in [5.41, 5.74) is 2.72. The second-order valence-corrected chi connectivity index (χ2v) is 7.77. The fourth-order valence-corrected chi connectivity index (χ4v) is 2.74. The average molecular weight is 523 g/mol. The lowest BCUT2D eigenvalue weighted by Gasteiger charge is -2.12. The van der Waals surface area contributed by atoms with Crippen LogP contribution in [0.3, 0.4) is 0 Å². The lowest BCUT2D eigenvalue weighted by atomic mass is 10.2. The fraction of sp³-hybridized carbons (Fsp3) is 0.273. The van der Waals surface area contributed by atoms with Crippen molar-refractivity contribution >= 4 is 45.6 Å². The van der Waals surface area contributed by atoms with Gasteiger partial charge in [-0.25, -0.2) is 9.82 Å². The Morgan fingerprint density at radius 1 is 1.15 bits per heavy atom. The van der Waals surface area contributed by atoms with Crippen molar-refractivity contribution in [1.29, 1.82) is 0 Å². The molecule has 0 saturated heterocycles. The number of methoxy groups -OCH3 is 1. The summed E-state index contributed by atoms with van der Waals surface area (Å²) in [7, 11) is 1.42. The van der Waals surface area contributed by atoms with E-state index in [4.69, 9.17) is 9.47 Å². The smallest absolute Gasteiger partial charge is 0.329 e. The number of rotatable bonds is 9. The molecule has 0 heterocycles. The molecule has 0 radical (unpaired) electrons. The van der Waals surface area contributed by atoms with E-state index >= 15 is 0 Å². The molecule has 2 aromatic rings. The predicted octanol–water partition coefficient (Wildman–Crippen LogP) is 2.98. The van der Waals surface area contributed by atoms with Crippen LogP contribution in [-0.4, -0.2) is 43.7 Å². The van der Waals surface area contributed by atoms with Gasteiger partial charge in [-0.2, -0.15) is 5.10 Å². The van der Waals surface area contributed by atoms with E-state index in [1.54, 1.807) is 31.2 Å². The monoisotopic (exact) mass is 522 g/mol. The van der Waals surface area contributed by atoms with Gasteiger partial charge in [-0.15, -0.1) is 0 Å². The van der Waals surface area contributed by atoms with Gasteiger partial charge in [0.15, 0.2) is 18.1 Å². The van der Waals surface area contributed by atoms with E-state index in [0.717, 1.165) is 0 Å². The molecule has 0 saturated carbocycles. The number of carbonyl (C=O) groups is 3. The highest BCUT2D eigenvalue weighted by atomic mass is 79.9.